The molecule has 0 saturated heterocycles. The van der Waals surface area contributed by atoms with E-state index >= 15 is 4.39 Å². The van der Waals surface area contributed by atoms with Gasteiger partial charge in [0.1, 0.15) is 17.7 Å². The molecule has 4 aromatic rings. The van der Waals surface area contributed by atoms with Gasteiger partial charge in [-0.2, -0.15) is 9.97 Å². The SMILES string of the molecule is CO[C@H](COC(Cc1ccc(-c2ccccc2C(=O)O)cc1)(C(=O)O)C(=O)O)[C@@H](O)[C@H](F)n1cnc2c(N)nc(Cl)nc21. The number of aromatic nitrogens is 4. The van der Waals surface area contributed by atoms with Crippen LogP contribution in [0.2, 0.25) is 5.28 Å². The second kappa shape index (κ2) is 12.7. The molecule has 0 fully saturated rings. The first kappa shape index (κ1) is 31.2. The van der Waals surface area contributed by atoms with Crippen molar-refractivity contribution in [1.29, 1.82) is 0 Å². The number of carboxylic acids is 3. The normalized spacial score (nSPS) is 13.9. The highest BCUT2D eigenvalue weighted by Crippen LogP contribution is 2.29. The molecule has 0 saturated carbocycles. The van der Waals surface area contributed by atoms with E-state index in [0.717, 1.165) is 18.0 Å². The van der Waals surface area contributed by atoms with Gasteiger partial charge in [-0.1, -0.05) is 42.5 Å². The Kier molecular flexibility index (Phi) is 9.20. The molecule has 43 heavy (non-hydrogen) atoms. The van der Waals surface area contributed by atoms with E-state index in [1.165, 1.54) is 30.3 Å². The van der Waals surface area contributed by atoms with Crippen LogP contribution in [0.15, 0.2) is 54.9 Å². The number of aromatic carboxylic acids is 1. The lowest BCUT2D eigenvalue weighted by Crippen LogP contribution is -2.53. The van der Waals surface area contributed by atoms with Gasteiger partial charge in [0.15, 0.2) is 11.5 Å². The summed E-state index contributed by atoms with van der Waals surface area (Å²) in [5.41, 5.74) is 3.90. The number of rotatable bonds is 13. The van der Waals surface area contributed by atoms with Gasteiger partial charge < -0.3 is 35.6 Å². The molecule has 0 aliphatic heterocycles. The summed E-state index contributed by atoms with van der Waals surface area (Å²) in [5, 5.41) is 39.8. The number of benzene rings is 2. The number of carbonyl (C=O) groups is 3. The van der Waals surface area contributed by atoms with Gasteiger partial charge in [-0.05, 0) is 34.4 Å². The van der Waals surface area contributed by atoms with E-state index in [1.54, 1.807) is 18.2 Å². The van der Waals surface area contributed by atoms with E-state index in [2.05, 4.69) is 15.0 Å². The molecule has 14 nitrogen and oxygen atoms in total. The number of hydrogen-bond acceptors (Lipinski definition) is 10. The second-order valence-corrected chi connectivity index (χ2v) is 9.65. The molecule has 3 atom stereocenters. The van der Waals surface area contributed by atoms with Crippen molar-refractivity contribution in [2.45, 2.75) is 30.5 Å². The summed E-state index contributed by atoms with van der Waals surface area (Å²) in [6.45, 7) is -0.856. The highest BCUT2D eigenvalue weighted by molar-refractivity contribution is 6.28. The van der Waals surface area contributed by atoms with E-state index in [4.69, 9.17) is 26.8 Å². The molecule has 0 aliphatic rings. The molecule has 2 aromatic heterocycles. The minimum atomic E-state index is -2.86. The maximum Gasteiger partial charge on any atom is 0.348 e. The molecule has 0 aliphatic carbocycles. The van der Waals surface area contributed by atoms with Crippen LogP contribution in [0.5, 0.6) is 0 Å². The lowest BCUT2D eigenvalue weighted by molar-refractivity contribution is -0.192. The number of aliphatic hydroxyl groups excluding tert-OH is 1. The third kappa shape index (κ3) is 6.24. The quantitative estimate of drug-likeness (QED) is 0.108. The number of aliphatic carboxylic acids is 2. The molecule has 4 rings (SSSR count). The van der Waals surface area contributed by atoms with Crippen molar-refractivity contribution in [3.63, 3.8) is 0 Å². The fraction of sp³-hybridized carbons (Fsp3) is 0.259. The lowest BCUT2D eigenvalue weighted by Gasteiger charge is -2.30. The molecule has 0 bridgehead atoms. The second-order valence-electron chi connectivity index (χ2n) is 9.31. The Bertz CT molecular complexity index is 1650. The first-order valence-corrected chi connectivity index (χ1v) is 12.8. The van der Waals surface area contributed by atoms with E-state index in [1.807, 2.05) is 0 Å². The van der Waals surface area contributed by atoms with Crippen molar-refractivity contribution < 1.29 is 48.7 Å². The molecule has 0 unspecified atom stereocenters. The number of carboxylic acid groups (broad SMARTS) is 3. The van der Waals surface area contributed by atoms with Crippen molar-refractivity contribution in [2.75, 3.05) is 19.5 Å². The van der Waals surface area contributed by atoms with Crippen molar-refractivity contribution >= 4 is 46.5 Å². The maximum absolute atomic E-state index is 15.5. The van der Waals surface area contributed by atoms with Gasteiger partial charge in [0.25, 0.3) is 5.60 Å². The Balaban J connectivity index is 1.55. The van der Waals surface area contributed by atoms with Gasteiger partial charge in [0, 0.05) is 13.5 Å². The number of aliphatic hydroxyl groups is 1. The highest BCUT2D eigenvalue weighted by Gasteiger charge is 2.49. The van der Waals surface area contributed by atoms with Gasteiger partial charge in [0.05, 0.1) is 18.5 Å². The van der Waals surface area contributed by atoms with Crippen molar-refractivity contribution in [3.8, 4) is 11.1 Å². The topological polar surface area (TPSA) is 220 Å². The van der Waals surface area contributed by atoms with E-state index < -0.39 is 55.0 Å². The van der Waals surface area contributed by atoms with Crippen LogP contribution in [0.1, 0.15) is 22.2 Å². The van der Waals surface area contributed by atoms with Gasteiger partial charge in [-0.25, -0.2) is 23.8 Å². The summed E-state index contributed by atoms with van der Waals surface area (Å²) in [5.74, 6) is -4.99. The number of fused-ring (bicyclic) bond motifs is 1. The number of hydrogen-bond donors (Lipinski definition) is 5. The summed E-state index contributed by atoms with van der Waals surface area (Å²) < 4.78 is 26.8. The Morgan fingerprint density at radius 3 is 2.33 bits per heavy atom. The minimum Gasteiger partial charge on any atom is -0.479 e. The standard InChI is InChI=1S/C27H25ClFN5O9/c1-42-17(19(35)20(29)34-12-31-18-21(30)32-26(28)33-22(18)34)11-43-27(24(38)39,25(40)41)10-13-6-8-14(9-7-13)15-4-2-3-5-16(15)23(36)37/h2-9,12,17,19-20,35H,10-11H2,1H3,(H,36,37)(H,38,39)(H,40,41)(H2,30,32,33)/t17-,19-,20-/m1/s1. The van der Waals surface area contributed by atoms with Crippen LogP contribution in [-0.2, 0) is 25.5 Å². The van der Waals surface area contributed by atoms with Gasteiger partial charge in [0.2, 0.25) is 11.6 Å². The fourth-order valence-corrected chi connectivity index (χ4v) is 4.56. The summed E-state index contributed by atoms with van der Waals surface area (Å²) in [7, 11) is 1.09. The van der Waals surface area contributed by atoms with Gasteiger partial charge in [-0.15, -0.1) is 0 Å². The Hall–Kier alpha value is -4.70. The average Bonchev–Trinajstić information content (AvgIpc) is 3.40. The average molecular weight is 618 g/mol. The van der Waals surface area contributed by atoms with Crippen LogP contribution in [-0.4, -0.2) is 89.4 Å². The monoisotopic (exact) mass is 617 g/mol. The number of alkyl halides is 1. The largest absolute Gasteiger partial charge is 0.479 e. The lowest BCUT2D eigenvalue weighted by atomic mass is 9.92. The third-order valence-corrected chi connectivity index (χ3v) is 6.88. The molecule has 2 heterocycles. The molecule has 0 radical (unpaired) electrons. The summed E-state index contributed by atoms with van der Waals surface area (Å²) in [4.78, 5) is 47.6. The highest BCUT2D eigenvalue weighted by atomic mass is 35.5. The number of nitrogens with two attached hydrogens (primary N) is 1. The molecule has 0 spiro atoms. The van der Waals surface area contributed by atoms with Crippen LogP contribution >= 0.6 is 11.6 Å². The van der Waals surface area contributed by atoms with Crippen molar-refractivity contribution in [2.24, 2.45) is 0 Å². The number of ether oxygens (including phenoxy) is 2. The zero-order chi connectivity index (χ0) is 31.5. The Labute approximate surface area is 247 Å². The maximum atomic E-state index is 15.5. The molecule has 226 valence electrons. The summed E-state index contributed by atoms with van der Waals surface area (Å²) in [6.07, 6.45) is -5.55. The molecule has 16 heteroatoms. The van der Waals surface area contributed by atoms with E-state index in [0.29, 0.717) is 11.1 Å². The zero-order valence-corrected chi connectivity index (χ0v) is 23.1. The van der Waals surface area contributed by atoms with Crippen LogP contribution < -0.4 is 5.73 Å². The molecule has 6 N–H and O–H groups in total. The molecule has 2 aromatic carbocycles. The summed E-state index contributed by atoms with van der Waals surface area (Å²) >= 11 is 5.80. The number of halogens is 2. The summed E-state index contributed by atoms with van der Waals surface area (Å²) in [6, 6.07) is 12.1. The molecular formula is C27H25ClFN5O9. The van der Waals surface area contributed by atoms with E-state index in [9.17, 15) is 34.8 Å². The van der Waals surface area contributed by atoms with Gasteiger partial charge >= 0.3 is 17.9 Å². The first-order valence-electron chi connectivity index (χ1n) is 12.4. The number of anilines is 1. The number of nitrogen functional groups attached to an aromatic ring is 1. The molecule has 0 amide bonds. The third-order valence-electron chi connectivity index (χ3n) is 6.71. The predicted octanol–water partition coefficient (Wildman–Crippen LogP) is 2.44. The molecular weight excluding hydrogens is 593 g/mol. The van der Waals surface area contributed by atoms with Gasteiger partial charge in [-0.3, -0.25) is 4.57 Å². The van der Waals surface area contributed by atoms with Crippen LogP contribution in [0.25, 0.3) is 22.3 Å². The number of methoxy groups -OCH3 is 1. The Morgan fingerprint density at radius 2 is 1.72 bits per heavy atom. The fourth-order valence-electron chi connectivity index (χ4n) is 4.39. The van der Waals surface area contributed by atoms with Crippen LogP contribution in [0.4, 0.5) is 10.2 Å². The first-order chi connectivity index (χ1) is 20.4. The zero-order valence-electron chi connectivity index (χ0n) is 22.3. The predicted molar refractivity (Wildman–Crippen MR) is 148 cm³/mol. The smallest absolute Gasteiger partial charge is 0.348 e. The minimum absolute atomic E-state index is 0.0118. The number of imidazole rings is 1. The van der Waals surface area contributed by atoms with Crippen LogP contribution in [0.3, 0.4) is 0 Å². The van der Waals surface area contributed by atoms with Crippen molar-refractivity contribution in [3.05, 3.63) is 71.3 Å². The van der Waals surface area contributed by atoms with Crippen molar-refractivity contribution in [1.82, 2.24) is 19.5 Å². The van der Waals surface area contributed by atoms with Crippen LogP contribution in [0, 0.1) is 0 Å². The van der Waals surface area contributed by atoms with E-state index in [-0.39, 0.29) is 33.4 Å². The number of nitrogens with zero attached hydrogens (tertiary/aromatic N) is 4. The Morgan fingerprint density at radius 1 is 1.07 bits per heavy atom.